The van der Waals surface area contributed by atoms with E-state index < -0.39 is 23.8 Å². The molecule has 8 nitrogen and oxygen atoms in total. The Kier molecular flexibility index (Phi) is 9.48. The number of benzene rings is 2. The third-order valence-electron chi connectivity index (χ3n) is 6.26. The summed E-state index contributed by atoms with van der Waals surface area (Å²) in [5, 5.41) is 5.62. The van der Waals surface area contributed by atoms with Crippen LogP contribution in [-0.2, 0) is 14.3 Å². The number of thiol groups is 1. The Balaban J connectivity index is 1.97. The van der Waals surface area contributed by atoms with E-state index in [-0.39, 0.29) is 23.6 Å². The summed E-state index contributed by atoms with van der Waals surface area (Å²) >= 11 is 4.35. The Hall–Kier alpha value is -3.20. The molecular formula is C28H37N3O5S. The van der Waals surface area contributed by atoms with Crippen LogP contribution in [0.1, 0.15) is 57.2 Å². The third kappa shape index (κ3) is 7.41. The minimum absolute atomic E-state index is 0.0574. The largest absolute Gasteiger partial charge is 0.497 e. The highest BCUT2D eigenvalue weighted by Gasteiger charge is 2.42. The maximum absolute atomic E-state index is 14.0. The zero-order chi connectivity index (χ0) is 27.2. The molecule has 0 aromatic heterocycles. The summed E-state index contributed by atoms with van der Waals surface area (Å²) in [6, 6.07) is 12.6. The fourth-order valence-electron chi connectivity index (χ4n) is 4.19. The number of ether oxygens (including phenoxy) is 2. The first-order chi connectivity index (χ1) is 17.5. The van der Waals surface area contributed by atoms with Crippen molar-refractivity contribution in [2.24, 2.45) is 0 Å². The minimum Gasteiger partial charge on any atom is -0.497 e. The summed E-state index contributed by atoms with van der Waals surface area (Å²) in [7, 11) is 1.58. The van der Waals surface area contributed by atoms with Gasteiger partial charge in [-0.05, 0) is 82.3 Å². The lowest BCUT2D eigenvalue weighted by molar-refractivity contribution is -0.145. The first-order valence-electron chi connectivity index (χ1n) is 12.5. The van der Waals surface area contributed by atoms with Crippen LogP contribution in [0.15, 0.2) is 48.5 Å². The van der Waals surface area contributed by atoms with Crippen LogP contribution >= 0.6 is 12.6 Å². The number of anilines is 1. The lowest BCUT2D eigenvalue weighted by atomic mass is 9.87. The van der Waals surface area contributed by atoms with Crippen LogP contribution < -0.4 is 15.4 Å². The SMILES string of the molecule is COc1ccc(NC(=O)C(c2ccccc2C)N(C(=O)C(CS)NC(=O)OC(C)(C)C)C2CCC2)cc1. The second-order valence-electron chi connectivity index (χ2n) is 10.2. The molecule has 2 unspecified atom stereocenters. The summed E-state index contributed by atoms with van der Waals surface area (Å²) in [6.07, 6.45) is 1.80. The predicted molar refractivity (Wildman–Crippen MR) is 147 cm³/mol. The number of hydrogen-bond donors (Lipinski definition) is 3. The molecule has 2 atom stereocenters. The maximum Gasteiger partial charge on any atom is 0.408 e. The van der Waals surface area contributed by atoms with Gasteiger partial charge in [0, 0.05) is 17.5 Å². The topological polar surface area (TPSA) is 97.0 Å². The first-order valence-corrected chi connectivity index (χ1v) is 13.1. The quantitative estimate of drug-likeness (QED) is 0.404. The van der Waals surface area contributed by atoms with E-state index in [1.54, 1.807) is 57.0 Å². The van der Waals surface area contributed by atoms with Crippen molar-refractivity contribution in [1.29, 1.82) is 0 Å². The minimum atomic E-state index is -0.959. The number of rotatable bonds is 9. The standard InChI is InChI=1S/C28H37N3O5S/c1-18-9-6-7-12-22(18)24(25(32)29-19-13-15-21(35-5)16-14-19)31(20-10-8-11-20)26(33)23(17-37)30-27(34)36-28(2,3)4/h6-7,9,12-16,20,23-24,37H,8,10-11,17H2,1-5H3,(H,29,32)(H,30,34). The average molecular weight is 528 g/mol. The molecule has 2 N–H and O–H groups in total. The maximum atomic E-state index is 14.0. The molecule has 2 aromatic rings. The normalized spacial score (nSPS) is 15.1. The Morgan fingerprint density at radius 2 is 1.73 bits per heavy atom. The van der Waals surface area contributed by atoms with E-state index in [4.69, 9.17) is 9.47 Å². The van der Waals surface area contributed by atoms with E-state index in [0.29, 0.717) is 11.4 Å². The molecule has 0 radical (unpaired) electrons. The van der Waals surface area contributed by atoms with Crippen LogP contribution in [0.5, 0.6) is 5.75 Å². The van der Waals surface area contributed by atoms with Gasteiger partial charge in [0.15, 0.2) is 0 Å². The van der Waals surface area contributed by atoms with Gasteiger partial charge in [-0.2, -0.15) is 12.6 Å². The zero-order valence-electron chi connectivity index (χ0n) is 22.1. The van der Waals surface area contributed by atoms with E-state index in [9.17, 15) is 14.4 Å². The number of aryl methyl sites for hydroxylation is 1. The van der Waals surface area contributed by atoms with Gasteiger partial charge in [0.05, 0.1) is 7.11 Å². The molecular weight excluding hydrogens is 490 g/mol. The van der Waals surface area contributed by atoms with E-state index in [1.165, 1.54) is 0 Å². The molecule has 2 aromatic carbocycles. The van der Waals surface area contributed by atoms with E-state index >= 15 is 0 Å². The van der Waals surface area contributed by atoms with Crippen LogP contribution in [0.4, 0.5) is 10.5 Å². The lowest BCUT2D eigenvalue weighted by Crippen LogP contribution is -2.57. The van der Waals surface area contributed by atoms with Gasteiger partial charge < -0.3 is 25.0 Å². The summed E-state index contributed by atoms with van der Waals surface area (Å²) in [5.41, 5.74) is 1.48. The number of nitrogens with zero attached hydrogens (tertiary/aromatic N) is 1. The number of hydrogen-bond acceptors (Lipinski definition) is 6. The van der Waals surface area contributed by atoms with Crippen molar-refractivity contribution in [2.75, 3.05) is 18.2 Å². The van der Waals surface area contributed by atoms with Gasteiger partial charge in [0.1, 0.15) is 23.4 Å². The molecule has 1 saturated carbocycles. The molecule has 0 heterocycles. The second kappa shape index (κ2) is 12.4. The lowest BCUT2D eigenvalue weighted by Gasteiger charge is -2.43. The summed E-state index contributed by atoms with van der Waals surface area (Å²) in [5.74, 6) is 0.0187. The van der Waals surface area contributed by atoms with Crippen molar-refractivity contribution in [3.8, 4) is 5.75 Å². The van der Waals surface area contributed by atoms with Crippen LogP contribution in [-0.4, -0.2) is 53.4 Å². The van der Waals surface area contributed by atoms with Crippen molar-refractivity contribution >= 4 is 36.2 Å². The molecule has 1 fully saturated rings. The Morgan fingerprint density at radius 3 is 2.24 bits per heavy atom. The number of alkyl carbamates (subject to hydrolysis) is 1. The fourth-order valence-corrected chi connectivity index (χ4v) is 4.44. The monoisotopic (exact) mass is 527 g/mol. The molecule has 200 valence electrons. The van der Waals surface area contributed by atoms with Gasteiger partial charge in [-0.3, -0.25) is 9.59 Å². The van der Waals surface area contributed by atoms with Crippen LogP contribution in [0.2, 0.25) is 0 Å². The Morgan fingerprint density at radius 1 is 1.08 bits per heavy atom. The molecule has 0 bridgehead atoms. The van der Waals surface area contributed by atoms with E-state index in [2.05, 4.69) is 23.3 Å². The number of carbonyl (C=O) groups excluding carboxylic acids is 3. The first kappa shape index (κ1) is 28.4. The van der Waals surface area contributed by atoms with Crippen LogP contribution in [0.25, 0.3) is 0 Å². The highest BCUT2D eigenvalue weighted by atomic mass is 32.1. The van der Waals surface area contributed by atoms with Crippen LogP contribution in [0, 0.1) is 6.92 Å². The van der Waals surface area contributed by atoms with Gasteiger partial charge in [0.2, 0.25) is 5.91 Å². The third-order valence-corrected chi connectivity index (χ3v) is 6.63. The van der Waals surface area contributed by atoms with Crippen LogP contribution in [0.3, 0.4) is 0 Å². The molecule has 37 heavy (non-hydrogen) atoms. The fraction of sp³-hybridized carbons (Fsp3) is 0.464. The predicted octanol–water partition coefficient (Wildman–Crippen LogP) is 4.89. The number of nitrogens with one attached hydrogen (secondary N) is 2. The average Bonchev–Trinajstić information content (AvgIpc) is 2.81. The molecule has 1 aliphatic rings. The van der Waals surface area contributed by atoms with Gasteiger partial charge in [0.25, 0.3) is 5.91 Å². The number of amides is 3. The Bertz CT molecular complexity index is 1100. The van der Waals surface area contributed by atoms with Crippen molar-refractivity contribution in [1.82, 2.24) is 10.2 Å². The smallest absolute Gasteiger partial charge is 0.408 e. The summed E-state index contributed by atoms with van der Waals surface area (Å²) in [6.45, 7) is 7.18. The highest BCUT2D eigenvalue weighted by molar-refractivity contribution is 7.80. The molecule has 3 amide bonds. The molecule has 9 heteroatoms. The van der Waals surface area contributed by atoms with Crippen molar-refractivity contribution < 1.29 is 23.9 Å². The summed E-state index contributed by atoms with van der Waals surface area (Å²) in [4.78, 5) is 42.0. The van der Waals surface area contributed by atoms with Crippen molar-refractivity contribution in [3.63, 3.8) is 0 Å². The van der Waals surface area contributed by atoms with E-state index in [1.807, 2.05) is 31.2 Å². The van der Waals surface area contributed by atoms with Gasteiger partial charge in [-0.15, -0.1) is 0 Å². The summed E-state index contributed by atoms with van der Waals surface area (Å²) < 4.78 is 10.6. The van der Waals surface area contributed by atoms with Gasteiger partial charge in [-0.25, -0.2) is 4.79 Å². The molecule has 0 spiro atoms. The zero-order valence-corrected chi connectivity index (χ0v) is 23.0. The van der Waals surface area contributed by atoms with Crippen molar-refractivity contribution in [3.05, 3.63) is 59.7 Å². The van der Waals surface area contributed by atoms with E-state index in [0.717, 1.165) is 30.4 Å². The molecule has 0 aliphatic heterocycles. The van der Waals surface area contributed by atoms with Crippen molar-refractivity contribution in [2.45, 2.75) is 70.7 Å². The number of methoxy groups -OCH3 is 1. The second-order valence-corrected chi connectivity index (χ2v) is 10.6. The molecule has 0 saturated heterocycles. The Labute approximate surface area is 224 Å². The van der Waals surface area contributed by atoms with Gasteiger partial charge >= 0.3 is 6.09 Å². The van der Waals surface area contributed by atoms with Gasteiger partial charge in [-0.1, -0.05) is 24.3 Å². The highest BCUT2D eigenvalue weighted by Crippen LogP contribution is 2.35. The molecule has 1 aliphatic carbocycles. The molecule has 3 rings (SSSR count). The number of carbonyl (C=O) groups is 3.